The maximum atomic E-state index is 5.93. The predicted octanol–water partition coefficient (Wildman–Crippen LogP) is 1.56. The molecule has 1 saturated heterocycles. The number of H-pyrrole nitrogens is 1. The third kappa shape index (κ3) is 2.11. The normalized spacial score (nSPS) is 27.7. The van der Waals surface area contributed by atoms with Gasteiger partial charge in [0.2, 0.25) is 5.95 Å². The topological polar surface area (TPSA) is 70.8 Å². The molecule has 5 heteroatoms. The smallest absolute Gasteiger partial charge is 0.244 e. The summed E-state index contributed by atoms with van der Waals surface area (Å²) in [6.07, 6.45) is 7.46. The summed E-state index contributed by atoms with van der Waals surface area (Å²) in [6, 6.07) is 0.275. The molecule has 18 heavy (non-hydrogen) atoms. The first kappa shape index (κ1) is 12.0. The van der Waals surface area contributed by atoms with Gasteiger partial charge >= 0.3 is 0 Å². The van der Waals surface area contributed by atoms with E-state index in [-0.39, 0.29) is 11.5 Å². The zero-order valence-corrected chi connectivity index (χ0v) is 11.2. The summed E-state index contributed by atoms with van der Waals surface area (Å²) in [5.74, 6) is 1.91. The molecule has 1 aliphatic carbocycles. The van der Waals surface area contributed by atoms with Crippen molar-refractivity contribution in [2.75, 3.05) is 18.0 Å². The van der Waals surface area contributed by atoms with Crippen LogP contribution in [-0.4, -0.2) is 34.3 Å². The Morgan fingerprint density at radius 1 is 1.33 bits per heavy atom. The molecule has 1 atom stereocenters. The second-order valence-electron chi connectivity index (χ2n) is 6.10. The number of rotatable bonds is 2. The lowest BCUT2D eigenvalue weighted by Crippen LogP contribution is -2.28. The van der Waals surface area contributed by atoms with Gasteiger partial charge in [0, 0.05) is 24.5 Å². The van der Waals surface area contributed by atoms with Gasteiger partial charge in [-0.2, -0.15) is 4.98 Å². The first-order valence-corrected chi connectivity index (χ1v) is 7.11. The largest absolute Gasteiger partial charge is 0.338 e. The molecular formula is C13H23N5. The van der Waals surface area contributed by atoms with Crippen LogP contribution < -0.4 is 10.6 Å². The van der Waals surface area contributed by atoms with Crippen molar-refractivity contribution in [2.45, 2.75) is 56.9 Å². The second-order valence-corrected chi connectivity index (χ2v) is 6.10. The molecule has 2 aliphatic rings. The number of anilines is 1. The van der Waals surface area contributed by atoms with Crippen molar-refractivity contribution in [3.8, 4) is 0 Å². The number of aromatic amines is 1. The summed E-state index contributed by atoms with van der Waals surface area (Å²) < 4.78 is 0. The van der Waals surface area contributed by atoms with E-state index in [9.17, 15) is 0 Å². The minimum atomic E-state index is 0.200. The predicted molar refractivity (Wildman–Crippen MR) is 71.6 cm³/mol. The fourth-order valence-electron chi connectivity index (χ4n) is 3.20. The fourth-order valence-corrected chi connectivity index (χ4v) is 3.20. The molecule has 1 saturated carbocycles. The number of nitrogens with two attached hydrogens (primary N) is 1. The lowest BCUT2D eigenvalue weighted by atomic mass is 9.75. The van der Waals surface area contributed by atoms with Crippen LogP contribution in [0.3, 0.4) is 0 Å². The molecule has 0 bridgehead atoms. The van der Waals surface area contributed by atoms with Gasteiger partial charge in [-0.1, -0.05) is 26.2 Å². The Balaban J connectivity index is 1.76. The van der Waals surface area contributed by atoms with Crippen LogP contribution in [0.15, 0.2) is 0 Å². The Morgan fingerprint density at radius 2 is 2.11 bits per heavy atom. The van der Waals surface area contributed by atoms with Gasteiger partial charge in [0.25, 0.3) is 0 Å². The maximum Gasteiger partial charge on any atom is 0.244 e. The minimum absolute atomic E-state index is 0.200. The zero-order valence-electron chi connectivity index (χ0n) is 11.2. The van der Waals surface area contributed by atoms with Crippen molar-refractivity contribution in [1.29, 1.82) is 0 Å². The lowest BCUT2D eigenvalue weighted by Gasteiger charge is -2.31. The van der Waals surface area contributed by atoms with Gasteiger partial charge in [-0.05, 0) is 19.3 Å². The van der Waals surface area contributed by atoms with Crippen molar-refractivity contribution in [3.63, 3.8) is 0 Å². The molecule has 0 aromatic carbocycles. The second kappa shape index (κ2) is 4.53. The van der Waals surface area contributed by atoms with Crippen molar-refractivity contribution in [1.82, 2.24) is 15.2 Å². The molecule has 1 aromatic rings. The number of hydrogen-bond donors (Lipinski definition) is 2. The summed E-state index contributed by atoms with van der Waals surface area (Å²) in [5.41, 5.74) is 6.13. The minimum Gasteiger partial charge on any atom is -0.338 e. The third-order valence-electron chi connectivity index (χ3n) is 4.51. The van der Waals surface area contributed by atoms with Gasteiger partial charge in [0.15, 0.2) is 0 Å². The average Bonchev–Trinajstić information content (AvgIpc) is 2.98. The molecule has 2 fully saturated rings. The summed E-state index contributed by atoms with van der Waals surface area (Å²) in [7, 11) is 0. The first-order valence-electron chi connectivity index (χ1n) is 7.11. The average molecular weight is 249 g/mol. The van der Waals surface area contributed by atoms with Crippen molar-refractivity contribution < 1.29 is 0 Å². The number of nitrogens with zero attached hydrogens (tertiary/aromatic N) is 3. The Kier molecular flexibility index (Phi) is 3.01. The Labute approximate surface area is 108 Å². The van der Waals surface area contributed by atoms with Crippen LogP contribution in [-0.2, 0) is 5.41 Å². The number of nitrogens with one attached hydrogen (secondary N) is 1. The molecule has 1 aliphatic heterocycles. The maximum absolute atomic E-state index is 5.93. The third-order valence-corrected chi connectivity index (χ3v) is 4.51. The van der Waals surface area contributed by atoms with Gasteiger partial charge in [0.1, 0.15) is 5.82 Å². The van der Waals surface area contributed by atoms with Crippen LogP contribution in [0.2, 0.25) is 0 Å². The molecule has 3 N–H and O–H groups in total. The van der Waals surface area contributed by atoms with E-state index in [0.29, 0.717) is 0 Å². The molecule has 1 aromatic heterocycles. The van der Waals surface area contributed by atoms with Crippen molar-refractivity contribution in [2.24, 2.45) is 5.73 Å². The van der Waals surface area contributed by atoms with Crippen LogP contribution in [0.25, 0.3) is 0 Å². The first-order chi connectivity index (χ1) is 8.67. The van der Waals surface area contributed by atoms with Crippen LogP contribution in [0.4, 0.5) is 5.95 Å². The molecule has 1 unspecified atom stereocenters. The highest BCUT2D eigenvalue weighted by Crippen LogP contribution is 2.37. The van der Waals surface area contributed by atoms with Crippen LogP contribution in [0, 0.1) is 0 Å². The van der Waals surface area contributed by atoms with Crippen molar-refractivity contribution in [3.05, 3.63) is 5.82 Å². The monoisotopic (exact) mass is 249 g/mol. The van der Waals surface area contributed by atoms with E-state index >= 15 is 0 Å². The van der Waals surface area contributed by atoms with Gasteiger partial charge in [0.05, 0.1) is 0 Å². The highest BCUT2D eigenvalue weighted by atomic mass is 15.4. The fraction of sp³-hybridized carbons (Fsp3) is 0.846. The van der Waals surface area contributed by atoms with Gasteiger partial charge in [-0.15, -0.1) is 5.10 Å². The van der Waals surface area contributed by atoms with Gasteiger partial charge < -0.3 is 10.6 Å². The van der Waals surface area contributed by atoms with Gasteiger partial charge in [-0.25, -0.2) is 0 Å². The highest BCUT2D eigenvalue weighted by Gasteiger charge is 2.33. The summed E-state index contributed by atoms with van der Waals surface area (Å²) in [6.45, 7) is 4.18. The highest BCUT2D eigenvalue weighted by molar-refractivity contribution is 5.32. The quantitative estimate of drug-likeness (QED) is 0.834. The van der Waals surface area contributed by atoms with Crippen LogP contribution >= 0.6 is 0 Å². The van der Waals surface area contributed by atoms with E-state index in [0.717, 1.165) is 31.3 Å². The molecule has 0 radical (unpaired) electrons. The number of hydrogen-bond acceptors (Lipinski definition) is 4. The molecule has 100 valence electrons. The summed E-state index contributed by atoms with van der Waals surface area (Å²) in [5, 5.41) is 7.55. The van der Waals surface area contributed by atoms with E-state index < -0.39 is 0 Å². The molecule has 0 spiro atoms. The Bertz CT molecular complexity index is 407. The Hall–Kier alpha value is -1.10. The van der Waals surface area contributed by atoms with Gasteiger partial charge in [-0.3, -0.25) is 5.10 Å². The summed E-state index contributed by atoms with van der Waals surface area (Å²) in [4.78, 5) is 6.92. The molecular weight excluding hydrogens is 226 g/mol. The number of aromatic nitrogens is 3. The van der Waals surface area contributed by atoms with E-state index in [1.54, 1.807) is 0 Å². The standard InChI is InChI=1S/C13H23N5/c1-13(6-3-2-4-7-13)11-15-12(17-16-11)18-8-5-10(14)9-18/h10H,2-9,14H2,1H3,(H,15,16,17). The van der Waals surface area contributed by atoms with Crippen molar-refractivity contribution >= 4 is 5.95 Å². The van der Waals surface area contributed by atoms with Crippen LogP contribution in [0.1, 0.15) is 51.3 Å². The summed E-state index contributed by atoms with van der Waals surface area (Å²) >= 11 is 0. The van der Waals surface area contributed by atoms with E-state index in [2.05, 4.69) is 22.0 Å². The van der Waals surface area contributed by atoms with Crippen LogP contribution in [0.5, 0.6) is 0 Å². The molecule has 3 rings (SSSR count). The Morgan fingerprint density at radius 3 is 2.78 bits per heavy atom. The molecule has 5 nitrogen and oxygen atoms in total. The van der Waals surface area contributed by atoms with E-state index in [4.69, 9.17) is 10.7 Å². The van der Waals surface area contributed by atoms with E-state index in [1.807, 2.05) is 0 Å². The lowest BCUT2D eigenvalue weighted by molar-refractivity contribution is 0.305. The molecule has 2 heterocycles. The molecule has 0 amide bonds. The zero-order chi connectivity index (χ0) is 12.6. The SMILES string of the molecule is CC1(c2nc(N3CCC(N)C3)n[nH]2)CCCCC1. The van der Waals surface area contributed by atoms with E-state index in [1.165, 1.54) is 32.1 Å².